The van der Waals surface area contributed by atoms with Gasteiger partial charge in [0.1, 0.15) is 12.1 Å². The van der Waals surface area contributed by atoms with E-state index in [2.05, 4.69) is 67.0 Å². The molecule has 0 aromatic heterocycles. The lowest BCUT2D eigenvalue weighted by atomic mass is 10.1. The summed E-state index contributed by atoms with van der Waals surface area (Å²) in [5.41, 5.74) is 5.32. The molecule has 0 rings (SSSR count). The second-order valence-corrected chi connectivity index (χ2v) is 13.4. The van der Waals surface area contributed by atoms with Crippen LogP contribution < -0.4 is 5.73 Å². The number of rotatable bonds is 34. The fourth-order valence-corrected chi connectivity index (χ4v) is 5.31. The average Bonchev–Trinajstić information content (AvgIpc) is 3.06. The Morgan fingerprint density at radius 3 is 1.81 bits per heavy atom. The zero-order chi connectivity index (χ0) is 35.6. The monoisotopic (exact) mass is 699 g/mol. The molecule has 0 saturated carbocycles. The van der Waals surface area contributed by atoms with E-state index in [1.54, 1.807) is 0 Å². The summed E-state index contributed by atoms with van der Waals surface area (Å²) >= 11 is 0. The third kappa shape index (κ3) is 32.5. The van der Waals surface area contributed by atoms with Gasteiger partial charge < -0.3 is 25.2 Å². The van der Waals surface area contributed by atoms with E-state index in [0.717, 1.165) is 70.6 Å². The Hall–Kier alpha value is -2.07. The number of nitrogens with two attached hydrogens (primary N) is 1. The zero-order valence-corrected chi connectivity index (χ0v) is 30.7. The van der Waals surface area contributed by atoms with Gasteiger partial charge in [-0.05, 0) is 51.4 Å². The number of carbonyl (C=O) groups is 2. The van der Waals surface area contributed by atoms with Gasteiger partial charge >= 0.3 is 19.8 Å². The summed E-state index contributed by atoms with van der Waals surface area (Å²) in [6.45, 7) is 3.69. The van der Waals surface area contributed by atoms with E-state index in [9.17, 15) is 19.0 Å². The molecule has 0 bridgehead atoms. The summed E-state index contributed by atoms with van der Waals surface area (Å²) < 4.78 is 33.1. The van der Waals surface area contributed by atoms with E-state index >= 15 is 0 Å². The highest BCUT2D eigenvalue weighted by Crippen LogP contribution is 2.43. The van der Waals surface area contributed by atoms with Crippen molar-refractivity contribution in [2.45, 2.75) is 148 Å². The topological polar surface area (TPSA) is 155 Å². The number of carboxylic acids is 1. The SMILES string of the molecule is CC/C=C\C/C=C\C/C=C\C/C=C\CCCCCCC(=O)OC(COCCCCCCCCCCC)COP(=O)(O)OCC(N)C(=O)O. The molecule has 0 aliphatic rings. The smallest absolute Gasteiger partial charge is 0.472 e. The molecule has 0 aliphatic carbocycles. The predicted octanol–water partition coefficient (Wildman–Crippen LogP) is 9.14. The van der Waals surface area contributed by atoms with Gasteiger partial charge in [-0.25, -0.2) is 4.57 Å². The van der Waals surface area contributed by atoms with Gasteiger partial charge in [-0.15, -0.1) is 0 Å². The third-order valence-electron chi connectivity index (χ3n) is 7.37. The lowest BCUT2D eigenvalue weighted by molar-refractivity contribution is -0.154. The molecule has 11 heteroatoms. The molecule has 0 spiro atoms. The molecule has 278 valence electrons. The number of ether oxygens (including phenoxy) is 2. The van der Waals surface area contributed by atoms with E-state index in [1.165, 1.54) is 38.5 Å². The van der Waals surface area contributed by atoms with Gasteiger partial charge in [0, 0.05) is 13.0 Å². The molecule has 0 aromatic carbocycles. The summed E-state index contributed by atoms with van der Waals surface area (Å²) in [6, 6.07) is -1.48. The number of phosphoric acid groups is 1. The van der Waals surface area contributed by atoms with Crippen molar-refractivity contribution in [3.05, 3.63) is 48.6 Å². The van der Waals surface area contributed by atoms with Crippen LogP contribution in [0.2, 0.25) is 0 Å². The Morgan fingerprint density at radius 1 is 0.688 bits per heavy atom. The number of hydrogen-bond donors (Lipinski definition) is 3. The minimum atomic E-state index is -4.61. The fourth-order valence-electron chi connectivity index (χ4n) is 4.53. The summed E-state index contributed by atoms with van der Waals surface area (Å²) in [5.74, 6) is -1.81. The number of carboxylic acid groups (broad SMARTS) is 1. The molecular weight excluding hydrogens is 633 g/mol. The van der Waals surface area contributed by atoms with Crippen molar-refractivity contribution in [3.8, 4) is 0 Å². The molecular formula is C37H66NO9P. The van der Waals surface area contributed by atoms with Crippen LogP contribution in [0.15, 0.2) is 48.6 Å². The largest absolute Gasteiger partial charge is 0.480 e. The standard InChI is InChI=1S/C37H66NO9P/c1-3-5-7-9-11-13-14-15-16-17-18-19-20-21-23-25-27-29-36(39)47-34(32-45-48(42,43)46-33-35(38)37(40)41)31-44-30-28-26-24-22-12-10-8-6-4-2/h5,7,11,13,15-16,18-19,34-35H,3-4,6,8-10,12,14,17,20-33,38H2,1-2H3,(H,40,41)(H,42,43)/b7-5-,13-11-,16-15-,19-18-. The molecule has 0 saturated heterocycles. The highest BCUT2D eigenvalue weighted by atomic mass is 31.2. The van der Waals surface area contributed by atoms with Crippen LogP contribution in [0.5, 0.6) is 0 Å². The molecule has 0 aliphatic heterocycles. The van der Waals surface area contributed by atoms with Crippen LogP contribution >= 0.6 is 7.82 Å². The first-order valence-corrected chi connectivity index (χ1v) is 19.7. The summed E-state index contributed by atoms with van der Waals surface area (Å²) in [7, 11) is -4.61. The summed E-state index contributed by atoms with van der Waals surface area (Å²) in [5, 5.41) is 8.84. The molecule has 0 radical (unpaired) electrons. The van der Waals surface area contributed by atoms with Gasteiger partial charge in [-0.3, -0.25) is 18.6 Å². The lowest BCUT2D eigenvalue weighted by Gasteiger charge is -2.20. The van der Waals surface area contributed by atoms with Crippen molar-refractivity contribution in [2.75, 3.05) is 26.4 Å². The number of hydrogen-bond acceptors (Lipinski definition) is 8. The molecule has 3 atom stereocenters. The van der Waals surface area contributed by atoms with Crippen LogP contribution in [0.1, 0.15) is 136 Å². The quantitative estimate of drug-likeness (QED) is 0.0256. The highest BCUT2D eigenvalue weighted by molar-refractivity contribution is 7.47. The molecule has 0 heterocycles. The minimum absolute atomic E-state index is 0.00622. The first-order valence-electron chi connectivity index (χ1n) is 18.2. The highest BCUT2D eigenvalue weighted by Gasteiger charge is 2.27. The van der Waals surface area contributed by atoms with Crippen molar-refractivity contribution < 1.29 is 42.7 Å². The maximum Gasteiger partial charge on any atom is 0.472 e. The number of aliphatic carboxylic acids is 1. The Labute approximate surface area is 290 Å². The molecule has 48 heavy (non-hydrogen) atoms. The maximum atomic E-state index is 12.5. The maximum absolute atomic E-state index is 12.5. The average molecular weight is 700 g/mol. The van der Waals surface area contributed by atoms with E-state index in [0.29, 0.717) is 13.0 Å². The zero-order valence-electron chi connectivity index (χ0n) is 29.8. The molecule has 4 N–H and O–H groups in total. The number of allylic oxidation sites excluding steroid dienone is 8. The lowest BCUT2D eigenvalue weighted by Crippen LogP contribution is -2.34. The number of esters is 1. The van der Waals surface area contributed by atoms with Crippen LogP contribution in [0.4, 0.5) is 0 Å². The van der Waals surface area contributed by atoms with Crippen molar-refractivity contribution in [2.24, 2.45) is 5.73 Å². The van der Waals surface area contributed by atoms with Crippen LogP contribution in [0.25, 0.3) is 0 Å². The third-order valence-corrected chi connectivity index (χ3v) is 8.32. The molecule has 10 nitrogen and oxygen atoms in total. The Morgan fingerprint density at radius 2 is 1.21 bits per heavy atom. The Balaban J connectivity index is 4.36. The van der Waals surface area contributed by atoms with Gasteiger partial charge in [0.15, 0.2) is 0 Å². The molecule has 0 fully saturated rings. The van der Waals surface area contributed by atoms with Crippen LogP contribution in [0.3, 0.4) is 0 Å². The van der Waals surface area contributed by atoms with Crippen LogP contribution in [-0.2, 0) is 32.7 Å². The Bertz CT molecular complexity index is 951. The van der Waals surface area contributed by atoms with Crippen molar-refractivity contribution in [3.63, 3.8) is 0 Å². The van der Waals surface area contributed by atoms with Crippen LogP contribution in [0, 0.1) is 0 Å². The first kappa shape index (κ1) is 45.9. The van der Waals surface area contributed by atoms with Crippen molar-refractivity contribution >= 4 is 19.8 Å². The number of phosphoric ester groups is 1. The first-order chi connectivity index (χ1) is 23.2. The molecule has 3 unspecified atom stereocenters. The summed E-state index contributed by atoms with van der Waals surface area (Å²) in [6.07, 6.45) is 36.0. The molecule has 0 amide bonds. The van der Waals surface area contributed by atoms with Gasteiger partial charge in [-0.2, -0.15) is 0 Å². The molecule has 0 aromatic rings. The normalized spacial score (nSPS) is 14.8. The van der Waals surface area contributed by atoms with Gasteiger partial charge in [0.05, 0.1) is 19.8 Å². The van der Waals surface area contributed by atoms with E-state index < -0.39 is 45.1 Å². The number of carbonyl (C=O) groups excluding carboxylic acids is 1. The minimum Gasteiger partial charge on any atom is -0.480 e. The van der Waals surface area contributed by atoms with Crippen molar-refractivity contribution in [1.82, 2.24) is 0 Å². The van der Waals surface area contributed by atoms with E-state index in [1.807, 2.05) is 0 Å². The predicted molar refractivity (Wildman–Crippen MR) is 194 cm³/mol. The van der Waals surface area contributed by atoms with E-state index in [4.69, 9.17) is 24.8 Å². The Kier molecular flexibility index (Phi) is 32.0. The van der Waals surface area contributed by atoms with Crippen molar-refractivity contribution in [1.29, 1.82) is 0 Å². The second kappa shape index (κ2) is 33.4. The fraction of sp³-hybridized carbons (Fsp3) is 0.730. The van der Waals surface area contributed by atoms with Gasteiger partial charge in [-0.1, -0.05) is 127 Å². The summed E-state index contributed by atoms with van der Waals surface area (Å²) in [4.78, 5) is 33.3. The van der Waals surface area contributed by atoms with Gasteiger partial charge in [0.2, 0.25) is 0 Å². The van der Waals surface area contributed by atoms with Crippen LogP contribution in [-0.4, -0.2) is 60.5 Å². The van der Waals surface area contributed by atoms with E-state index in [-0.39, 0.29) is 13.0 Å². The van der Waals surface area contributed by atoms with Gasteiger partial charge in [0.25, 0.3) is 0 Å². The number of unbranched alkanes of at least 4 members (excludes halogenated alkanes) is 12. The second-order valence-electron chi connectivity index (χ2n) is 12.0.